The van der Waals surface area contributed by atoms with Crippen LogP contribution in [0.3, 0.4) is 0 Å². The van der Waals surface area contributed by atoms with Gasteiger partial charge in [0.25, 0.3) is 0 Å². The molecule has 2 N–H and O–H groups in total. The molecule has 0 aliphatic heterocycles. The van der Waals surface area contributed by atoms with Gasteiger partial charge in [-0.05, 0) is 37.7 Å². The van der Waals surface area contributed by atoms with E-state index in [1.807, 2.05) is 19.2 Å². The molecule has 0 spiro atoms. The Bertz CT molecular complexity index is 402. The zero-order valence-corrected chi connectivity index (χ0v) is 9.79. The van der Waals surface area contributed by atoms with E-state index in [0.29, 0.717) is 5.02 Å². The summed E-state index contributed by atoms with van der Waals surface area (Å²) in [5.41, 5.74) is 1.04. The lowest BCUT2D eigenvalue weighted by molar-refractivity contribution is 0.0697. The summed E-state index contributed by atoms with van der Waals surface area (Å²) >= 11 is 5.96. The molecule has 0 fully saturated rings. The van der Waals surface area contributed by atoms with E-state index in [1.54, 1.807) is 12.1 Å². The van der Waals surface area contributed by atoms with Crippen LogP contribution < -0.4 is 5.32 Å². The quantitative estimate of drug-likeness (QED) is 0.777. The Morgan fingerprint density at radius 3 is 2.88 bits per heavy atom. The summed E-state index contributed by atoms with van der Waals surface area (Å²) in [6, 6.07) is 4.72. The SMILES string of the molecule is CNCCC=Cc1ccc(C(=O)O)cc1Cl. The number of benzene rings is 1. The molecule has 1 rings (SSSR count). The topological polar surface area (TPSA) is 49.3 Å². The van der Waals surface area contributed by atoms with Crippen LogP contribution in [0.5, 0.6) is 0 Å². The molecule has 0 saturated carbocycles. The normalized spacial score (nSPS) is 10.9. The molecule has 0 unspecified atom stereocenters. The van der Waals surface area contributed by atoms with Crippen molar-refractivity contribution < 1.29 is 9.90 Å². The lowest BCUT2D eigenvalue weighted by Crippen LogP contribution is -2.05. The van der Waals surface area contributed by atoms with Crippen molar-refractivity contribution in [1.82, 2.24) is 5.32 Å². The molecule has 1 aromatic carbocycles. The summed E-state index contributed by atoms with van der Waals surface area (Å²) in [6.45, 7) is 0.904. The predicted molar refractivity (Wildman–Crippen MR) is 66.0 cm³/mol. The van der Waals surface area contributed by atoms with Crippen molar-refractivity contribution in [3.63, 3.8) is 0 Å². The molecule has 0 amide bonds. The third kappa shape index (κ3) is 3.68. The summed E-state index contributed by atoms with van der Waals surface area (Å²) in [4.78, 5) is 10.7. The molecule has 0 atom stereocenters. The number of carbonyl (C=O) groups is 1. The first-order valence-corrected chi connectivity index (χ1v) is 5.37. The number of hydrogen-bond acceptors (Lipinski definition) is 2. The Labute approximate surface area is 99.7 Å². The number of carboxylic acid groups (broad SMARTS) is 1. The zero-order chi connectivity index (χ0) is 12.0. The lowest BCUT2D eigenvalue weighted by Gasteiger charge is -2.00. The second-order valence-electron chi connectivity index (χ2n) is 3.34. The Morgan fingerprint density at radius 1 is 1.56 bits per heavy atom. The van der Waals surface area contributed by atoms with Gasteiger partial charge in [-0.1, -0.05) is 29.8 Å². The maximum atomic E-state index is 10.7. The van der Waals surface area contributed by atoms with Crippen LogP contribution in [0, 0.1) is 0 Å². The highest BCUT2D eigenvalue weighted by atomic mass is 35.5. The van der Waals surface area contributed by atoms with Gasteiger partial charge in [0, 0.05) is 5.02 Å². The summed E-state index contributed by atoms with van der Waals surface area (Å²) < 4.78 is 0. The van der Waals surface area contributed by atoms with Gasteiger partial charge in [0.1, 0.15) is 0 Å². The largest absolute Gasteiger partial charge is 0.478 e. The minimum absolute atomic E-state index is 0.206. The maximum absolute atomic E-state index is 10.7. The standard InChI is InChI=1S/C12H14ClNO2/c1-14-7-3-2-4-9-5-6-10(12(15)16)8-11(9)13/h2,4-6,8,14H,3,7H2,1H3,(H,15,16). The van der Waals surface area contributed by atoms with Crippen LogP contribution in [-0.2, 0) is 0 Å². The number of hydrogen-bond donors (Lipinski definition) is 2. The second kappa shape index (κ2) is 6.30. The van der Waals surface area contributed by atoms with E-state index in [-0.39, 0.29) is 5.56 Å². The highest BCUT2D eigenvalue weighted by Gasteiger charge is 2.04. The minimum atomic E-state index is -0.965. The van der Waals surface area contributed by atoms with Crippen molar-refractivity contribution in [2.24, 2.45) is 0 Å². The Balaban J connectivity index is 2.75. The van der Waals surface area contributed by atoms with Crippen LogP contribution in [0.25, 0.3) is 6.08 Å². The molecular formula is C12H14ClNO2. The molecule has 0 saturated heterocycles. The average Bonchev–Trinajstić information content (AvgIpc) is 2.26. The van der Waals surface area contributed by atoms with Crippen molar-refractivity contribution in [2.45, 2.75) is 6.42 Å². The van der Waals surface area contributed by atoms with E-state index in [2.05, 4.69) is 5.32 Å². The van der Waals surface area contributed by atoms with Gasteiger partial charge in [-0.15, -0.1) is 0 Å². The fourth-order valence-corrected chi connectivity index (χ4v) is 1.48. The van der Waals surface area contributed by atoms with Crippen molar-refractivity contribution in [3.05, 3.63) is 40.4 Å². The molecule has 0 radical (unpaired) electrons. The van der Waals surface area contributed by atoms with E-state index in [1.165, 1.54) is 6.07 Å². The van der Waals surface area contributed by atoms with Crippen molar-refractivity contribution in [1.29, 1.82) is 0 Å². The molecule has 0 aromatic heterocycles. The summed E-state index contributed by atoms with van der Waals surface area (Å²) in [5.74, 6) is -0.965. The van der Waals surface area contributed by atoms with Crippen LogP contribution in [0.2, 0.25) is 5.02 Å². The van der Waals surface area contributed by atoms with Crippen molar-refractivity contribution in [3.8, 4) is 0 Å². The maximum Gasteiger partial charge on any atom is 0.335 e. The predicted octanol–water partition coefficient (Wildman–Crippen LogP) is 2.66. The molecule has 16 heavy (non-hydrogen) atoms. The highest BCUT2D eigenvalue weighted by molar-refractivity contribution is 6.32. The smallest absolute Gasteiger partial charge is 0.335 e. The third-order valence-corrected chi connectivity index (χ3v) is 2.43. The Hall–Kier alpha value is -1.32. The van der Waals surface area contributed by atoms with Gasteiger partial charge in [0.05, 0.1) is 5.56 Å². The molecule has 86 valence electrons. The first-order chi connectivity index (χ1) is 7.65. The minimum Gasteiger partial charge on any atom is -0.478 e. The molecule has 0 heterocycles. The van der Waals surface area contributed by atoms with Gasteiger partial charge in [0.2, 0.25) is 0 Å². The van der Waals surface area contributed by atoms with E-state index in [4.69, 9.17) is 16.7 Å². The monoisotopic (exact) mass is 239 g/mol. The summed E-state index contributed by atoms with van der Waals surface area (Å²) in [6.07, 6.45) is 4.80. The van der Waals surface area contributed by atoms with Gasteiger partial charge < -0.3 is 10.4 Å². The van der Waals surface area contributed by atoms with Gasteiger partial charge >= 0.3 is 5.97 Å². The molecule has 0 aliphatic carbocycles. The van der Waals surface area contributed by atoms with Gasteiger partial charge in [-0.3, -0.25) is 0 Å². The zero-order valence-electron chi connectivity index (χ0n) is 9.03. The van der Waals surface area contributed by atoms with E-state index < -0.39 is 5.97 Å². The Morgan fingerprint density at radius 2 is 2.31 bits per heavy atom. The van der Waals surface area contributed by atoms with E-state index >= 15 is 0 Å². The number of aromatic carboxylic acids is 1. The van der Waals surface area contributed by atoms with Crippen molar-refractivity contribution >= 4 is 23.6 Å². The number of carboxylic acids is 1. The van der Waals surface area contributed by atoms with Crippen LogP contribution >= 0.6 is 11.6 Å². The van der Waals surface area contributed by atoms with E-state index in [9.17, 15) is 4.79 Å². The van der Waals surface area contributed by atoms with Crippen LogP contribution in [0.1, 0.15) is 22.3 Å². The molecule has 3 nitrogen and oxygen atoms in total. The van der Waals surface area contributed by atoms with Crippen LogP contribution in [0.4, 0.5) is 0 Å². The summed E-state index contributed by atoms with van der Waals surface area (Å²) in [5, 5.41) is 12.3. The molecule has 4 heteroatoms. The van der Waals surface area contributed by atoms with Crippen LogP contribution in [0.15, 0.2) is 24.3 Å². The third-order valence-electron chi connectivity index (χ3n) is 2.11. The first-order valence-electron chi connectivity index (χ1n) is 4.99. The average molecular weight is 240 g/mol. The van der Waals surface area contributed by atoms with E-state index in [0.717, 1.165) is 18.5 Å². The fraction of sp³-hybridized carbons (Fsp3) is 0.250. The molecule has 0 aliphatic rings. The fourth-order valence-electron chi connectivity index (χ4n) is 1.23. The number of halogens is 1. The Kier molecular flexibility index (Phi) is 5.02. The first kappa shape index (κ1) is 12.7. The highest BCUT2D eigenvalue weighted by Crippen LogP contribution is 2.19. The number of rotatable bonds is 5. The van der Waals surface area contributed by atoms with Crippen LogP contribution in [-0.4, -0.2) is 24.7 Å². The summed E-state index contributed by atoms with van der Waals surface area (Å²) in [7, 11) is 1.89. The number of nitrogens with one attached hydrogen (secondary N) is 1. The molecule has 0 bridgehead atoms. The van der Waals surface area contributed by atoms with Crippen molar-refractivity contribution in [2.75, 3.05) is 13.6 Å². The molecule has 1 aromatic rings. The van der Waals surface area contributed by atoms with Gasteiger partial charge in [-0.2, -0.15) is 0 Å². The second-order valence-corrected chi connectivity index (χ2v) is 3.74. The van der Waals surface area contributed by atoms with Gasteiger partial charge in [-0.25, -0.2) is 4.79 Å². The lowest BCUT2D eigenvalue weighted by atomic mass is 10.1. The van der Waals surface area contributed by atoms with Gasteiger partial charge in [0.15, 0.2) is 0 Å². The molecular weight excluding hydrogens is 226 g/mol.